The maximum absolute atomic E-state index is 12.6. The van der Waals surface area contributed by atoms with Crippen molar-refractivity contribution in [3.63, 3.8) is 0 Å². The third kappa shape index (κ3) is 3.89. The Hall–Kier alpha value is -1.59. The molecule has 0 aliphatic heterocycles. The number of anilines is 1. The van der Waals surface area contributed by atoms with E-state index in [0.717, 1.165) is 24.5 Å². The van der Waals surface area contributed by atoms with Crippen LogP contribution in [0.1, 0.15) is 52.9 Å². The van der Waals surface area contributed by atoms with Crippen LogP contribution in [0.2, 0.25) is 0 Å². The van der Waals surface area contributed by atoms with E-state index >= 15 is 0 Å². The highest BCUT2D eigenvalue weighted by Gasteiger charge is 2.56. The highest BCUT2D eigenvalue weighted by Crippen LogP contribution is 2.54. The molecule has 3 rings (SSSR count). The molecule has 0 heterocycles. The van der Waals surface area contributed by atoms with Gasteiger partial charge in [-0.3, -0.25) is 4.79 Å². The Kier molecular flexibility index (Phi) is 6.20. The van der Waals surface area contributed by atoms with E-state index < -0.39 is 0 Å². The Labute approximate surface area is 156 Å². The monoisotopic (exact) mass is 360 g/mol. The number of ether oxygens (including phenoxy) is 2. The average molecular weight is 360 g/mol. The summed E-state index contributed by atoms with van der Waals surface area (Å²) in [6.07, 6.45) is 6.33. The molecule has 0 saturated heterocycles. The summed E-state index contributed by atoms with van der Waals surface area (Å²) in [7, 11) is 0. The second-order valence-corrected chi connectivity index (χ2v) is 7.51. The molecule has 0 bridgehead atoms. The predicted octanol–water partition coefficient (Wildman–Crippen LogP) is 3.74. The lowest BCUT2D eigenvalue weighted by Crippen LogP contribution is -2.65. The lowest BCUT2D eigenvalue weighted by Gasteiger charge is -2.55. The first-order valence-electron chi connectivity index (χ1n) is 10.0. The van der Waals surface area contributed by atoms with Gasteiger partial charge in [0.1, 0.15) is 5.75 Å². The molecule has 2 saturated carbocycles. The molecule has 1 aromatic carbocycles. The standard InChI is InChI=1S/C21H32N2O3/c1-4-25-17-10-8-16(9-11-17)23-20(24)15(3)22-18-14-19(26-5-2)21(18)12-6-7-13-21/h8-11,15,18-19,22H,4-7,12-14H2,1-3H3,(H,23,24)/t15-,18+,19+/m0/s1. The molecule has 2 aliphatic rings. The molecular weight excluding hydrogens is 328 g/mol. The fraction of sp³-hybridized carbons (Fsp3) is 0.667. The van der Waals surface area contributed by atoms with Gasteiger partial charge < -0.3 is 20.1 Å². The first-order valence-corrected chi connectivity index (χ1v) is 10.0. The van der Waals surface area contributed by atoms with E-state index in [1.807, 2.05) is 38.1 Å². The zero-order valence-electron chi connectivity index (χ0n) is 16.2. The van der Waals surface area contributed by atoms with Crippen LogP contribution in [0.5, 0.6) is 5.75 Å². The van der Waals surface area contributed by atoms with Gasteiger partial charge in [0, 0.05) is 23.8 Å². The third-order valence-electron chi connectivity index (χ3n) is 5.96. The van der Waals surface area contributed by atoms with E-state index in [0.29, 0.717) is 18.8 Å². The van der Waals surface area contributed by atoms with Crippen LogP contribution in [0.3, 0.4) is 0 Å². The summed E-state index contributed by atoms with van der Waals surface area (Å²) in [5.41, 5.74) is 1.03. The van der Waals surface area contributed by atoms with E-state index in [-0.39, 0.29) is 17.4 Å². The average Bonchev–Trinajstić information content (AvgIpc) is 3.15. The summed E-state index contributed by atoms with van der Waals surface area (Å²) >= 11 is 0. The van der Waals surface area contributed by atoms with Crippen molar-refractivity contribution in [1.82, 2.24) is 5.32 Å². The Morgan fingerprint density at radius 2 is 1.88 bits per heavy atom. The minimum atomic E-state index is -0.230. The zero-order chi connectivity index (χ0) is 18.6. The van der Waals surface area contributed by atoms with Crippen molar-refractivity contribution < 1.29 is 14.3 Å². The number of amides is 1. The minimum absolute atomic E-state index is 0.00201. The number of hydrogen-bond acceptors (Lipinski definition) is 4. The Morgan fingerprint density at radius 3 is 2.50 bits per heavy atom. The van der Waals surface area contributed by atoms with Crippen LogP contribution in [-0.4, -0.2) is 37.3 Å². The fourth-order valence-corrected chi connectivity index (χ4v) is 4.55. The Morgan fingerprint density at radius 1 is 1.19 bits per heavy atom. The van der Waals surface area contributed by atoms with Crippen LogP contribution in [0.15, 0.2) is 24.3 Å². The molecule has 1 aromatic rings. The fourth-order valence-electron chi connectivity index (χ4n) is 4.55. The van der Waals surface area contributed by atoms with E-state index in [1.54, 1.807) is 0 Å². The lowest BCUT2D eigenvalue weighted by atomic mass is 9.60. The molecule has 1 amide bonds. The highest BCUT2D eigenvalue weighted by molar-refractivity contribution is 5.94. The number of carbonyl (C=O) groups is 1. The van der Waals surface area contributed by atoms with Crippen molar-refractivity contribution in [2.24, 2.45) is 5.41 Å². The van der Waals surface area contributed by atoms with Gasteiger partial charge in [-0.2, -0.15) is 0 Å². The van der Waals surface area contributed by atoms with Gasteiger partial charge in [0.2, 0.25) is 5.91 Å². The topological polar surface area (TPSA) is 59.6 Å². The van der Waals surface area contributed by atoms with Gasteiger partial charge >= 0.3 is 0 Å². The molecule has 5 heteroatoms. The number of benzene rings is 1. The Balaban J connectivity index is 1.54. The van der Waals surface area contributed by atoms with Gasteiger partial charge in [-0.05, 0) is 64.3 Å². The molecule has 3 atom stereocenters. The minimum Gasteiger partial charge on any atom is -0.494 e. The van der Waals surface area contributed by atoms with Crippen molar-refractivity contribution in [3.05, 3.63) is 24.3 Å². The van der Waals surface area contributed by atoms with Gasteiger partial charge in [0.05, 0.1) is 18.8 Å². The quantitative estimate of drug-likeness (QED) is 0.741. The summed E-state index contributed by atoms with van der Waals surface area (Å²) in [6.45, 7) is 7.37. The summed E-state index contributed by atoms with van der Waals surface area (Å²) in [5.74, 6) is 0.818. The van der Waals surface area contributed by atoms with Gasteiger partial charge in [-0.1, -0.05) is 12.8 Å². The molecular formula is C21H32N2O3. The van der Waals surface area contributed by atoms with Crippen LogP contribution >= 0.6 is 0 Å². The first kappa shape index (κ1) is 19.2. The zero-order valence-corrected chi connectivity index (χ0v) is 16.2. The van der Waals surface area contributed by atoms with Crippen molar-refractivity contribution in [2.45, 2.75) is 71.1 Å². The lowest BCUT2D eigenvalue weighted by molar-refractivity contribution is -0.136. The predicted molar refractivity (Wildman–Crippen MR) is 104 cm³/mol. The van der Waals surface area contributed by atoms with Crippen molar-refractivity contribution in [1.29, 1.82) is 0 Å². The molecule has 5 nitrogen and oxygen atoms in total. The smallest absolute Gasteiger partial charge is 0.241 e. The van der Waals surface area contributed by atoms with E-state index in [4.69, 9.17) is 9.47 Å². The van der Waals surface area contributed by atoms with Crippen LogP contribution < -0.4 is 15.4 Å². The maximum atomic E-state index is 12.6. The summed E-state index contributed by atoms with van der Waals surface area (Å²) in [5, 5.41) is 6.56. The second-order valence-electron chi connectivity index (χ2n) is 7.51. The molecule has 0 radical (unpaired) electrons. The number of nitrogens with one attached hydrogen (secondary N) is 2. The molecule has 2 aliphatic carbocycles. The number of rotatable bonds is 8. The van der Waals surface area contributed by atoms with E-state index in [1.165, 1.54) is 25.7 Å². The highest BCUT2D eigenvalue weighted by atomic mass is 16.5. The second kappa shape index (κ2) is 8.40. The van der Waals surface area contributed by atoms with Crippen molar-refractivity contribution in [3.8, 4) is 5.75 Å². The largest absolute Gasteiger partial charge is 0.494 e. The maximum Gasteiger partial charge on any atom is 0.241 e. The van der Waals surface area contributed by atoms with Gasteiger partial charge in [-0.15, -0.1) is 0 Å². The molecule has 0 aromatic heterocycles. The number of hydrogen-bond donors (Lipinski definition) is 2. The third-order valence-corrected chi connectivity index (χ3v) is 5.96. The van der Waals surface area contributed by atoms with Gasteiger partial charge in [0.25, 0.3) is 0 Å². The Bertz CT molecular complexity index is 596. The molecule has 26 heavy (non-hydrogen) atoms. The summed E-state index contributed by atoms with van der Waals surface area (Å²) in [4.78, 5) is 12.6. The van der Waals surface area contributed by atoms with Gasteiger partial charge in [-0.25, -0.2) is 0 Å². The molecule has 0 unspecified atom stereocenters. The molecule has 1 spiro atoms. The van der Waals surface area contributed by atoms with Crippen LogP contribution in [0, 0.1) is 5.41 Å². The van der Waals surface area contributed by atoms with Crippen LogP contribution in [0.4, 0.5) is 5.69 Å². The van der Waals surface area contributed by atoms with Gasteiger partial charge in [0.15, 0.2) is 0 Å². The number of carbonyl (C=O) groups excluding carboxylic acids is 1. The first-order chi connectivity index (χ1) is 12.6. The van der Waals surface area contributed by atoms with Crippen molar-refractivity contribution in [2.75, 3.05) is 18.5 Å². The van der Waals surface area contributed by atoms with Crippen LogP contribution in [-0.2, 0) is 9.53 Å². The van der Waals surface area contributed by atoms with E-state index in [9.17, 15) is 4.79 Å². The molecule has 144 valence electrons. The molecule has 2 N–H and O–H groups in total. The summed E-state index contributed by atoms with van der Waals surface area (Å²) in [6, 6.07) is 7.66. The van der Waals surface area contributed by atoms with Crippen LogP contribution in [0.25, 0.3) is 0 Å². The summed E-state index contributed by atoms with van der Waals surface area (Å²) < 4.78 is 11.4. The van der Waals surface area contributed by atoms with Crippen molar-refractivity contribution >= 4 is 11.6 Å². The SMILES string of the molecule is CCOc1ccc(NC(=O)[C@H](C)N[C@@H]2C[C@@H](OCC)C23CCCC3)cc1. The van der Waals surface area contributed by atoms with E-state index in [2.05, 4.69) is 17.6 Å². The normalized spacial score (nSPS) is 24.9. The molecule has 2 fully saturated rings.